The molecule has 0 saturated heterocycles. The van der Waals surface area contributed by atoms with Gasteiger partial charge in [-0.2, -0.15) is 8.78 Å². The van der Waals surface area contributed by atoms with Gasteiger partial charge in [0.15, 0.2) is 11.5 Å². The van der Waals surface area contributed by atoms with Crippen LogP contribution in [0.5, 0.6) is 11.5 Å². The highest BCUT2D eigenvalue weighted by Crippen LogP contribution is 2.40. The van der Waals surface area contributed by atoms with E-state index in [1.165, 1.54) is 12.1 Å². The molecule has 0 atom stereocenters. The molecular formula is C11H9ClF2O3. The van der Waals surface area contributed by atoms with Crippen LogP contribution in [0.4, 0.5) is 8.78 Å². The lowest BCUT2D eigenvalue weighted by Crippen LogP contribution is -2.27. The van der Waals surface area contributed by atoms with Gasteiger partial charge in [-0.15, -0.1) is 0 Å². The van der Waals surface area contributed by atoms with Crippen molar-refractivity contribution in [2.45, 2.75) is 12.8 Å². The standard InChI is InChI=1S/C11H9ClF2O3/c1-11(13,14)10(15)8-6(12)2-3-7-9(8)17-5-4-16-7/h2-3H,4-5H2,1H3. The van der Waals surface area contributed by atoms with Gasteiger partial charge in [-0.05, 0) is 12.1 Å². The number of hydrogen-bond acceptors (Lipinski definition) is 3. The minimum Gasteiger partial charge on any atom is -0.486 e. The summed E-state index contributed by atoms with van der Waals surface area (Å²) < 4.78 is 36.5. The van der Waals surface area contributed by atoms with Gasteiger partial charge in [0.25, 0.3) is 0 Å². The van der Waals surface area contributed by atoms with Crippen LogP contribution in [0.1, 0.15) is 17.3 Å². The Bertz CT molecular complexity index is 469. The molecule has 1 aromatic rings. The fourth-order valence-electron chi connectivity index (χ4n) is 1.52. The molecule has 0 aromatic heterocycles. The summed E-state index contributed by atoms with van der Waals surface area (Å²) in [4.78, 5) is 11.6. The molecule has 17 heavy (non-hydrogen) atoms. The molecule has 0 amide bonds. The molecule has 1 aromatic carbocycles. The maximum Gasteiger partial charge on any atom is 0.307 e. The van der Waals surface area contributed by atoms with Crippen LogP contribution < -0.4 is 9.47 Å². The van der Waals surface area contributed by atoms with Crippen LogP contribution in [0.3, 0.4) is 0 Å². The third-order valence-electron chi connectivity index (χ3n) is 2.28. The maximum atomic E-state index is 13.0. The van der Waals surface area contributed by atoms with Crippen molar-refractivity contribution in [3.8, 4) is 11.5 Å². The average molecular weight is 263 g/mol. The van der Waals surface area contributed by atoms with Crippen molar-refractivity contribution in [2.75, 3.05) is 13.2 Å². The van der Waals surface area contributed by atoms with E-state index in [4.69, 9.17) is 21.1 Å². The number of ether oxygens (including phenoxy) is 2. The number of carbonyl (C=O) groups excluding carboxylic acids is 1. The van der Waals surface area contributed by atoms with Crippen LogP contribution in [0.2, 0.25) is 5.02 Å². The fraction of sp³-hybridized carbons (Fsp3) is 0.364. The third kappa shape index (κ3) is 2.20. The van der Waals surface area contributed by atoms with Crippen molar-refractivity contribution in [1.29, 1.82) is 0 Å². The van der Waals surface area contributed by atoms with Gasteiger partial charge in [-0.3, -0.25) is 4.79 Å². The predicted molar refractivity (Wildman–Crippen MR) is 57.4 cm³/mol. The molecule has 0 unspecified atom stereocenters. The van der Waals surface area contributed by atoms with Crippen molar-refractivity contribution < 1.29 is 23.0 Å². The quantitative estimate of drug-likeness (QED) is 0.769. The minimum absolute atomic E-state index is 0.00437. The predicted octanol–water partition coefficient (Wildman–Crippen LogP) is 2.95. The highest BCUT2D eigenvalue weighted by Gasteiger charge is 2.38. The number of benzene rings is 1. The van der Waals surface area contributed by atoms with Crippen LogP contribution in [0, 0.1) is 0 Å². The van der Waals surface area contributed by atoms with E-state index in [1.54, 1.807) is 0 Å². The van der Waals surface area contributed by atoms with Gasteiger partial charge in [0.1, 0.15) is 13.2 Å². The van der Waals surface area contributed by atoms with Crippen molar-refractivity contribution in [3.05, 3.63) is 22.7 Å². The van der Waals surface area contributed by atoms with Gasteiger partial charge in [0, 0.05) is 6.92 Å². The second-order valence-corrected chi connectivity index (χ2v) is 4.07. The molecular weight excluding hydrogens is 254 g/mol. The number of carbonyl (C=O) groups is 1. The number of alkyl halides is 2. The normalized spacial score (nSPS) is 14.6. The lowest BCUT2D eigenvalue weighted by Gasteiger charge is -2.22. The first-order valence-corrected chi connectivity index (χ1v) is 5.30. The number of ketones is 1. The Morgan fingerprint density at radius 3 is 2.65 bits per heavy atom. The Morgan fingerprint density at radius 1 is 1.35 bits per heavy atom. The Kier molecular flexibility index (Phi) is 2.95. The van der Waals surface area contributed by atoms with E-state index in [1.807, 2.05) is 0 Å². The summed E-state index contributed by atoms with van der Waals surface area (Å²) in [6.45, 7) is 1.03. The number of hydrogen-bond donors (Lipinski definition) is 0. The van der Waals surface area contributed by atoms with E-state index in [0.717, 1.165) is 0 Å². The third-order valence-corrected chi connectivity index (χ3v) is 2.60. The fourth-order valence-corrected chi connectivity index (χ4v) is 1.76. The van der Waals surface area contributed by atoms with Gasteiger partial charge < -0.3 is 9.47 Å². The van der Waals surface area contributed by atoms with Crippen LogP contribution in [-0.2, 0) is 0 Å². The Morgan fingerprint density at radius 2 is 2.00 bits per heavy atom. The number of halogens is 3. The molecule has 1 aliphatic rings. The average Bonchev–Trinajstić information content (AvgIpc) is 2.27. The summed E-state index contributed by atoms with van der Waals surface area (Å²) in [5, 5.41) is -0.0687. The molecule has 0 aliphatic carbocycles. The van der Waals surface area contributed by atoms with E-state index in [-0.39, 0.29) is 28.7 Å². The highest BCUT2D eigenvalue weighted by molar-refractivity contribution is 6.34. The molecule has 0 bridgehead atoms. The van der Waals surface area contributed by atoms with Gasteiger partial charge in [0.05, 0.1) is 10.6 Å². The largest absolute Gasteiger partial charge is 0.486 e. The van der Waals surface area contributed by atoms with Crippen LogP contribution in [-0.4, -0.2) is 24.9 Å². The molecule has 2 rings (SSSR count). The van der Waals surface area contributed by atoms with Gasteiger partial charge in [0.2, 0.25) is 5.78 Å². The van der Waals surface area contributed by atoms with E-state index in [0.29, 0.717) is 13.5 Å². The Hall–Kier alpha value is -1.36. The lowest BCUT2D eigenvalue weighted by molar-refractivity contribution is 0.0215. The molecule has 0 radical (unpaired) electrons. The number of rotatable bonds is 2. The molecule has 92 valence electrons. The van der Waals surface area contributed by atoms with Crippen LogP contribution in [0.15, 0.2) is 12.1 Å². The van der Waals surface area contributed by atoms with Crippen LogP contribution in [0.25, 0.3) is 0 Å². The zero-order valence-electron chi connectivity index (χ0n) is 8.93. The molecule has 0 saturated carbocycles. The smallest absolute Gasteiger partial charge is 0.307 e. The first kappa shape index (κ1) is 12.1. The lowest BCUT2D eigenvalue weighted by atomic mass is 10.0. The van der Waals surface area contributed by atoms with Crippen LogP contribution >= 0.6 is 11.6 Å². The van der Waals surface area contributed by atoms with Crippen molar-refractivity contribution in [1.82, 2.24) is 0 Å². The van der Waals surface area contributed by atoms with E-state index in [9.17, 15) is 13.6 Å². The Labute approximate surface area is 101 Å². The van der Waals surface area contributed by atoms with Gasteiger partial charge in [-0.25, -0.2) is 0 Å². The number of fused-ring (bicyclic) bond motifs is 1. The van der Waals surface area contributed by atoms with Crippen molar-refractivity contribution in [3.63, 3.8) is 0 Å². The zero-order valence-corrected chi connectivity index (χ0v) is 9.68. The molecule has 3 nitrogen and oxygen atoms in total. The summed E-state index contributed by atoms with van der Waals surface area (Å²) >= 11 is 5.77. The van der Waals surface area contributed by atoms with Gasteiger partial charge >= 0.3 is 5.92 Å². The summed E-state index contributed by atoms with van der Waals surface area (Å²) in [7, 11) is 0. The van der Waals surface area contributed by atoms with Crippen molar-refractivity contribution in [2.24, 2.45) is 0 Å². The van der Waals surface area contributed by atoms with Crippen molar-refractivity contribution >= 4 is 17.4 Å². The van der Waals surface area contributed by atoms with Gasteiger partial charge in [-0.1, -0.05) is 11.6 Å². The molecule has 1 heterocycles. The first-order valence-electron chi connectivity index (χ1n) is 4.92. The SMILES string of the molecule is CC(F)(F)C(=O)c1c(Cl)ccc2c1OCCO2. The second-order valence-electron chi connectivity index (χ2n) is 3.66. The molecule has 0 fully saturated rings. The molecule has 1 aliphatic heterocycles. The van der Waals surface area contributed by atoms with E-state index in [2.05, 4.69) is 0 Å². The topological polar surface area (TPSA) is 35.5 Å². The van der Waals surface area contributed by atoms with E-state index >= 15 is 0 Å². The second kappa shape index (κ2) is 4.14. The number of Topliss-reactive ketones (excluding diaryl/α,β-unsaturated/α-hetero) is 1. The summed E-state index contributed by atoms with van der Waals surface area (Å²) in [6, 6.07) is 2.83. The molecule has 0 N–H and O–H groups in total. The minimum atomic E-state index is -3.50. The van der Waals surface area contributed by atoms with E-state index < -0.39 is 11.7 Å². The summed E-state index contributed by atoms with van der Waals surface area (Å²) in [5.41, 5.74) is -0.323. The molecule has 0 spiro atoms. The summed E-state index contributed by atoms with van der Waals surface area (Å²) in [6.07, 6.45) is 0. The Balaban J connectivity index is 2.56. The highest BCUT2D eigenvalue weighted by atomic mass is 35.5. The maximum absolute atomic E-state index is 13.0. The molecule has 6 heteroatoms. The first-order chi connectivity index (χ1) is 7.91. The monoisotopic (exact) mass is 262 g/mol. The zero-order chi connectivity index (χ0) is 12.6. The summed E-state index contributed by atoms with van der Waals surface area (Å²) in [5.74, 6) is -4.62.